The second kappa shape index (κ2) is 12.1. The minimum absolute atomic E-state index is 0.131. The maximum atomic E-state index is 13.2. The lowest BCUT2D eigenvalue weighted by atomic mass is 9.95. The standard InChI is InChI=1S/C26H34N2O5/c1-19(26(30)27-21-7-5-4-6-8-21)28(17-20-9-11-22(31-2)12-10-20)25(29)18-33-24-15-13-23(32-3)14-16-24/h9-16,19,21H,4-8,17-18H2,1-3H3,(H,27,30)/t19-/m1/s1. The van der Waals surface area contributed by atoms with E-state index in [0.29, 0.717) is 18.0 Å². The van der Waals surface area contributed by atoms with Crippen molar-refractivity contribution in [3.63, 3.8) is 0 Å². The Morgan fingerprint density at radius 1 is 0.909 bits per heavy atom. The summed E-state index contributed by atoms with van der Waals surface area (Å²) in [6.07, 6.45) is 5.46. The predicted octanol–water partition coefficient (Wildman–Crippen LogP) is 3.95. The van der Waals surface area contributed by atoms with Gasteiger partial charge in [-0.1, -0.05) is 31.4 Å². The number of hydrogen-bond donors (Lipinski definition) is 1. The Balaban J connectivity index is 1.69. The number of carbonyl (C=O) groups excluding carboxylic acids is 2. The third kappa shape index (κ3) is 7.14. The van der Waals surface area contributed by atoms with Crippen molar-refractivity contribution in [3.8, 4) is 17.2 Å². The van der Waals surface area contributed by atoms with Gasteiger partial charge in [0.1, 0.15) is 23.3 Å². The molecule has 1 aliphatic carbocycles. The van der Waals surface area contributed by atoms with Crippen molar-refractivity contribution in [3.05, 3.63) is 54.1 Å². The van der Waals surface area contributed by atoms with E-state index in [1.807, 2.05) is 24.3 Å². The van der Waals surface area contributed by atoms with Gasteiger partial charge in [0.15, 0.2) is 6.61 Å². The van der Waals surface area contributed by atoms with Gasteiger partial charge in [0.2, 0.25) is 5.91 Å². The highest BCUT2D eigenvalue weighted by Gasteiger charge is 2.28. The van der Waals surface area contributed by atoms with E-state index in [0.717, 1.165) is 37.0 Å². The van der Waals surface area contributed by atoms with Crippen LogP contribution in [0, 0.1) is 0 Å². The lowest BCUT2D eigenvalue weighted by Crippen LogP contribution is -2.51. The molecule has 1 atom stereocenters. The largest absolute Gasteiger partial charge is 0.497 e. The summed E-state index contributed by atoms with van der Waals surface area (Å²) in [4.78, 5) is 27.8. The van der Waals surface area contributed by atoms with Crippen molar-refractivity contribution in [1.82, 2.24) is 10.2 Å². The van der Waals surface area contributed by atoms with Gasteiger partial charge in [-0.3, -0.25) is 9.59 Å². The third-order valence-electron chi connectivity index (χ3n) is 6.05. The first kappa shape index (κ1) is 24.4. The molecule has 2 amide bonds. The summed E-state index contributed by atoms with van der Waals surface area (Å²) < 4.78 is 16.1. The molecular weight excluding hydrogens is 420 g/mol. The Morgan fingerprint density at radius 3 is 2.03 bits per heavy atom. The zero-order valence-electron chi connectivity index (χ0n) is 19.7. The first-order valence-corrected chi connectivity index (χ1v) is 11.5. The molecule has 0 spiro atoms. The second-order valence-corrected chi connectivity index (χ2v) is 8.35. The number of rotatable bonds is 10. The minimum Gasteiger partial charge on any atom is -0.497 e. The molecule has 178 valence electrons. The van der Waals surface area contributed by atoms with Crippen LogP contribution in [-0.4, -0.2) is 49.6 Å². The van der Waals surface area contributed by atoms with E-state index in [9.17, 15) is 9.59 Å². The van der Waals surface area contributed by atoms with Crippen molar-refractivity contribution in [2.45, 2.75) is 57.7 Å². The molecule has 0 radical (unpaired) electrons. The van der Waals surface area contributed by atoms with Crippen LogP contribution in [0.3, 0.4) is 0 Å². The molecule has 1 N–H and O–H groups in total. The Kier molecular flexibility index (Phi) is 8.98. The van der Waals surface area contributed by atoms with Crippen LogP contribution in [0.2, 0.25) is 0 Å². The number of methoxy groups -OCH3 is 2. The number of nitrogens with one attached hydrogen (secondary N) is 1. The average Bonchev–Trinajstić information content (AvgIpc) is 2.86. The fraction of sp³-hybridized carbons (Fsp3) is 0.462. The van der Waals surface area contributed by atoms with E-state index >= 15 is 0 Å². The van der Waals surface area contributed by atoms with Gasteiger partial charge in [-0.2, -0.15) is 0 Å². The number of ether oxygens (including phenoxy) is 3. The van der Waals surface area contributed by atoms with Crippen LogP contribution in [-0.2, 0) is 16.1 Å². The number of benzene rings is 2. The third-order valence-corrected chi connectivity index (χ3v) is 6.05. The Bertz CT molecular complexity index is 892. The molecule has 0 bridgehead atoms. The highest BCUT2D eigenvalue weighted by atomic mass is 16.5. The zero-order chi connectivity index (χ0) is 23.6. The van der Waals surface area contributed by atoms with E-state index in [1.165, 1.54) is 6.42 Å². The van der Waals surface area contributed by atoms with Crippen LogP contribution in [0.5, 0.6) is 17.2 Å². The molecule has 7 heteroatoms. The van der Waals surface area contributed by atoms with Crippen molar-refractivity contribution in [2.75, 3.05) is 20.8 Å². The van der Waals surface area contributed by atoms with Crippen LogP contribution in [0.25, 0.3) is 0 Å². The van der Waals surface area contributed by atoms with E-state index in [1.54, 1.807) is 50.3 Å². The summed E-state index contributed by atoms with van der Waals surface area (Å²) in [6.45, 7) is 1.91. The summed E-state index contributed by atoms with van der Waals surface area (Å²) in [5, 5.41) is 3.14. The van der Waals surface area contributed by atoms with Crippen LogP contribution in [0.15, 0.2) is 48.5 Å². The van der Waals surface area contributed by atoms with E-state index < -0.39 is 6.04 Å². The van der Waals surface area contributed by atoms with Gasteiger partial charge in [0.05, 0.1) is 14.2 Å². The van der Waals surface area contributed by atoms with Crippen molar-refractivity contribution < 1.29 is 23.8 Å². The van der Waals surface area contributed by atoms with Gasteiger partial charge < -0.3 is 24.4 Å². The second-order valence-electron chi connectivity index (χ2n) is 8.35. The lowest BCUT2D eigenvalue weighted by molar-refractivity contribution is -0.142. The predicted molar refractivity (Wildman–Crippen MR) is 127 cm³/mol. The summed E-state index contributed by atoms with van der Waals surface area (Å²) in [5.74, 6) is 1.62. The van der Waals surface area contributed by atoms with Crippen LogP contribution in [0.4, 0.5) is 0 Å². The molecule has 0 unspecified atom stereocenters. The normalized spacial score (nSPS) is 14.8. The van der Waals surface area contributed by atoms with Gasteiger partial charge >= 0.3 is 0 Å². The number of nitrogens with zero attached hydrogens (tertiary/aromatic N) is 1. The molecule has 2 aromatic rings. The Hall–Kier alpha value is -3.22. The van der Waals surface area contributed by atoms with Crippen molar-refractivity contribution in [2.24, 2.45) is 0 Å². The number of hydrogen-bond acceptors (Lipinski definition) is 5. The smallest absolute Gasteiger partial charge is 0.261 e. The SMILES string of the molecule is COc1ccc(CN(C(=O)COc2ccc(OC)cc2)[C@H](C)C(=O)NC2CCCCC2)cc1. The summed E-state index contributed by atoms with van der Waals surface area (Å²) in [6, 6.07) is 14.1. The zero-order valence-corrected chi connectivity index (χ0v) is 19.7. The van der Waals surface area contributed by atoms with Gasteiger partial charge in [-0.25, -0.2) is 0 Å². The molecule has 0 aromatic heterocycles. The molecule has 7 nitrogen and oxygen atoms in total. The first-order valence-electron chi connectivity index (χ1n) is 11.5. The van der Waals surface area contributed by atoms with E-state index in [-0.39, 0.29) is 24.5 Å². The van der Waals surface area contributed by atoms with Crippen LogP contribution < -0.4 is 19.5 Å². The molecule has 1 fully saturated rings. The summed E-state index contributed by atoms with van der Waals surface area (Å²) in [7, 11) is 3.20. The maximum Gasteiger partial charge on any atom is 0.261 e. The molecule has 0 aliphatic heterocycles. The topological polar surface area (TPSA) is 77.1 Å². The van der Waals surface area contributed by atoms with Crippen LogP contribution >= 0.6 is 0 Å². The van der Waals surface area contributed by atoms with Crippen molar-refractivity contribution in [1.29, 1.82) is 0 Å². The molecule has 2 aromatic carbocycles. The van der Waals surface area contributed by atoms with E-state index in [2.05, 4.69) is 5.32 Å². The van der Waals surface area contributed by atoms with E-state index in [4.69, 9.17) is 14.2 Å². The summed E-state index contributed by atoms with van der Waals surface area (Å²) in [5.41, 5.74) is 0.908. The minimum atomic E-state index is -0.624. The monoisotopic (exact) mass is 454 g/mol. The van der Waals surface area contributed by atoms with Gasteiger partial charge in [0.25, 0.3) is 5.91 Å². The molecule has 33 heavy (non-hydrogen) atoms. The van der Waals surface area contributed by atoms with Gasteiger partial charge in [0, 0.05) is 12.6 Å². The van der Waals surface area contributed by atoms with Crippen LogP contribution in [0.1, 0.15) is 44.6 Å². The molecule has 1 saturated carbocycles. The highest BCUT2D eigenvalue weighted by molar-refractivity contribution is 5.88. The summed E-state index contributed by atoms with van der Waals surface area (Å²) >= 11 is 0. The maximum absolute atomic E-state index is 13.2. The van der Waals surface area contributed by atoms with Gasteiger partial charge in [-0.05, 0) is 61.7 Å². The molecule has 0 saturated heterocycles. The highest BCUT2D eigenvalue weighted by Crippen LogP contribution is 2.20. The Morgan fingerprint density at radius 2 is 1.45 bits per heavy atom. The first-order chi connectivity index (χ1) is 16.0. The number of amides is 2. The fourth-order valence-electron chi connectivity index (χ4n) is 3.98. The average molecular weight is 455 g/mol. The molecule has 3 rings (SSSR count). The van der Waals surface area contributed by atoms with Crippen molar-refractivity contribution >= 4 is 11.8 Å². The molecule has 1 aliphatic rings. The molecule has 0 heterocycles. The molecular formula is C26H34N2O5. The quantitative estimate of drug-likeness (QED) is 0.588. The number of carbonyl (C=O) groups is 2. The lowest BCUT2D eigenvalue weighted by Gasteiger charge is -2.31. The Labute approximate surface area is 196 Å². The fourth-order valence-corrected chi connectivity index (χ4v) is 3.98. The van der Waals surface area contributed by atoms with Gasteiger partial charge in [-0.15, -0.1) is 0 Å².